The number of carbonyl (C=O) groups excluding carboxylic acids is 1. The molecule has 1 fully saturated rings. The summed E-state index contributed by atoms with van der Waals surface area (Å²) in [6, 6.07) is 4.06. The Labute approximate surface area is 89.1 Å². The van der Waals surface area contributed by atoms with Crippen LogP contribution in [0.25, 0.3) is 0 Å². The van der Waals surface area contributed by atoms with E-state index >= 15 is 0 Å². The number of nitrogens with zero attached hydrogens (tertiary/aromatic N) is 1. The highest BCUT2D eigenvalue weighted by atomic mass is 16.1. The molecular formula is C11H15N3O. The fraction of sp³-hybridized carbons (Fsp3) is 0.455. The minimum Gasteiger partial charge on any atom is -0.352 e. The molecule has 0 bridgehead atoms. The molecule has 0 radical (unpaired) electrons. The van der Waals surface area contributed by atoms with E-state index in [9.17, 15) is 4.79 Å². The zero-order valence-corrected chi connectivity index (χ0v) is 8.57. The van der Waals surface area contributed by atoms with Crippen LogP contribution in [0.2, 0.25) is 0 Å². The summed E-state index contributed by atoms with van der Waals surface area (Å²) >= 11 is 0. The van der Waals surface area contributed by atoms with Crippen molar-refractivity contribution < 1.29 is 4.79 Å². The molecule has 1 amide bonds. The molecular weight excluding hydrogens is 190 g/mol. The van der Waals surface area contributed by atoms with E-state index in [1.165, 1.54) is 0 Å². The Hall–Kier alpha value is -1.42. The van der Waals surface area contributed by atoms with Gasteiger partial charge in [-0.3, -0.25) is 9.78 Å². The number of pyridine rings is 1. The van der Waals surface area contributed by atoms with Gasteiger partial charge in [-0.2, -0.15) is 0 Å². The van der Waals surface area contributed by atoms with Crippen LogP contribution in [0.1, 0.15) is 12.0 Å². The van der Waals surface area contributed by atoms with Crippen LogP contribution in [0.15, 0.2) is 24.5 Å². The van der Waals surface area contributed by atoms with Gasteiger partial charge < -0.3 is 10.6 Å². The molecule has 1 aromatic heterocycles. The number of aromatic nitrogens is 1. The first-order valence-electron chi connectivity index (χ1n) is 5.23. The minimum absolute atomic E-state index is 0.0803. The first kappa shape index (κ1) is 10.1. The highest BCUT2D eigenvalue weighted by molar-refractivity contribution is 5.78. The van der Waals surface area contributed by atoms with Gasteiger partial charge in [-0.1, -0.05) is 6.07 Å². The molecule has 0 aliphatic carbocycles. The Morgan fingerprint density at radius 3 is 3.27 bits per heavy atom. The third kappa shape index (κ3) is 3.02. The van der Waals surface area contributed by atoms with Crippen molar-refractivity contribution >= 4 is 5.91 Å². The van der Waals surface area contributed by atoms with E-state index in [1.807, 2.05) is 12.1 Å². The van der Waals surface area contributed by atoms with Crippen molar-refractivity contribution in [1.82, 2.24) is 15.6 Å². The van der Waals surface area contributed by atoms with E-state index in [1.54, 1.807) is 12.4 Å². The van der Waals surface area contributed by atoms with Crippen molar-refractivity contribution in [2.24, 2.45) is 0 Å². The second kappa shape index (κ2) is 4.89. The van der Waals surface area contributed by atoms with Gasteiger partial charge in [-0.15, -0.1) is 0 Å². The van der Waals surface area contributed by atoms with E-state index < -0.39 is 0 Å². The lowest BCUT2D eigenvalue weighted by Gasteiger charge is -2.10. The van der Waals surface area contributed by atoms with Gasteiger partial charge in [0, 0.05) is 25.0 Å². The maximum absolute atomic E-state index is 11.6. The predicted octanol–water partition coefficient (Wildman–Crippen LogP) is 0.102. The van der Waals surface area contributed by atoms with Crippen LogP contribution in [0.5, 0.6) is 0 Å². The van der Waals surface area contributed by atoms with Crippen LogP contribution in [0.4, 0.5) is 0 Å². The van der Waals surface area contributed by atoms with E-state index in [0.717, 1.165) is 25.1 Å². The molecule has 1 saturated heterocycles. The third-order valence-corrected chi connectivity index (χ3v) is 2.51. The van der Waals surface area contributed by atoms with Gasteiger partial charge in [0.2, 0.25) is 5.91 Å². The van der Waals surface area contributed by atoms with Crippen LogP contribution in [-0.4, -0.2) is 30.0 Å². The summed E-state index contributed by atoms with van der Waals surface area (Å²) in [5.74, 6) is 0.0803. The zero-order valence-electron chi connectivity index (χ0n) is 8.57. The molecule has 0 saturated carbocycles. The SMILES string of the molecule is O=C(Cc1cccnc1)N[C@H]1CCNC1. The molecule has 4 nitrogen and oxygen atoms in total. The van der Waals surface area contributed by atoms with Gasteiger partial charge >= 0.3 is 0 Å². The van der Waals surface area contributed by atoms with Crippen molar-refractivity contribution in [2.75, 3.05) is 13.1 Å². The van der Waals surface area contributed by atoms with Gasteiger partial charge in [-0.25, -0.2) is 0 Å². The average molecular weight is 205 g/mol. The van der Waals surface area contributed by atoms with Crippen molar-refractivity contribution in [1.29, 1.82) is 0 Å². The number of carbonyl (C=O) groups is 1. The smallest absolute Gasteiger partial charge is 0.224 e. The Morgan fingerprint density at radius 1 is 1.67 bits per heavy atom. The molecule has 2 N–H and O–H groups in total. The lowest BCUT2D eigenvalue weighted by Crippen LogP contribution is -2.37. The van der Waals surface area contributed by atoms with Crippen molar-refractivity contribution in [2.45, 2.75) is 18.9 Å². The maximum atomic E-state index is 11.6. The topological polar surface area (TPSA) is 54.0 Å². The Kier molecular flexibility index (Phi) is 3.29. The van der Waals surface area contributed by atoms with Crippen LogP contribution in [0, 0.1) is 0 Å². The Bertz CT molecular complexity index is 320. The molecule has 4 heteroatoms. The number of hydrogen-bond acceptors (Lipinski definition) is 3. The lowest BCUT2D eigenvalue weighted by molar-refractivity contribution is -0.121. The molecule has 15 heavy (non-hydrogen) atoms. The summed E-state index contributed by atoms with van der Waals surface area (Å²) in [7, 11) is 0. The summed E-state index contributed by atoms with van der Waals surface area (Å²) in [6.45, 7) is 1.89. The molecule has 80 valence electrons. The summed E-state index contributed by atoms with van der Waals surface area (Å²) in [5.41, 5.74) is 0.959. The van der Waals surface area contributed by atoms with Gasteiger partial charge in [0.05, 0.1) is 6.42 Å². The molecule has 0 spiro atoms. The number of hydrogen-bond donors (Lipinski definition) is 2. The summed E-state index contributed by atoms with van der Waals surface area (Å²) in [4.78, 5) is 15.6. The maximum Gasteiger partial charge on any atom is 0.224 e. The zero-order chi connectivity index (χ0) is 10.5. The van der Waals surface area contributed by atoms with Crippen LogP contribution < -0.4 is 10.6 Å². The van der Waals surface area contributed by atoms with Crippen LogP contribution >= 0.6 is 0 Å². The summed E-state index contributed by atoms with van der Waals surface area (Å²) in [5, 5.41) is 6.21. The van der Waals surface area contributed by atoms with E-state index in [4.69, 9.17) is 0 Å². The highest BCUT2D eigenvalue weighted by Crippen LogP contribution is 2.00. The molecule has 1 atom stereocenters. The second-order valence-electron chi connectivity index (χ2n) is 3.80. The standard InChI is InChI=1S/C11H15N3O/c15-11(14-10-3-5-13-8-10)6-9-2-1-4-12-7-9/h1-2,4,7,10,13H,3,5-6,8H2,(H,14,15)/t10-/m0/s1. The average Bonchev–Trinajstić information content (AvgIpc) is 2.71. The molecule has 1 aliphatic heterocycles. The highest BCUT2D eigenvalue weighted by Gasteiger charge is 2.16. The second-order valence-corrected chi connectivity index (χ2v) is 3.80. The molecule has 0 unspecified atom stereocenters. The van der Waals surface area contributed by atoms with Gasteiger partial charge in [0.1, 0.15) is 0 Å². The number of rotatable bonds is 3. The minimum atomic E-state index is 0.0803. The summed E-state index contributed by atoms with van der Waals surface area (Å²) in [6.07, 6.45) is 4.89. The van der Waals surface area contributed by atoms with Crippen LogP contribution in [-0.2, 0) is 11.2 Å². The Balaban J connectivity index is 1.82. The van der Waals surface area contributed by atoms with Crippen molar-refractivity contribution in [3.8, 4) is 0 Å². The van der Waals surface area contributed by atoms with Crippen molar-refractivity contribution in [3.05, 3.63) is 30.1 Å². The molecule has 2 rings (SSSR count). The number of nitrogens with one attached hydrogen (secondary N) is 2. The molecule has 1 aromatic rings. The van der Waals surface area contributed by atoms with Gasteiger partial charge in [-0.05, 0) is 24.6 Å². The lowest BCUT2D eigenvalue weighted by atomic mass is 10.2. The first-order chi connectivity index (χ1) is 7.34. The first-order valence-corrected chi connectivity index (χ1v) is 5.23. The fourth-order valence-electron chi connectivity index (χ4n) is 1.74. The van der Waals surface area contributed by atoms with E-state index in [2.05, 4.69) is 15.6 Å². The predicted molar refractivity (Wildman–Crippen MR) is 57.4 cm³/mol. The normalized spacial score (nSPS) is 20.1. The van der Waals surface area contributed by atoms with E-state index in [-0.39, 0.29) is 5.91 Å². The fourth-order valence-corrected chi connectivity index (χ4v) is 1.74. The largest absolute Gasteiger partial charge is 0.352 e. The monoisotopic (exact) mass is 205 g/mol. The third-order valence-electron chi connectivity index (χ3n) is 2.51. The number of amides is 1. The van der Waals surface area contributed by atoms with E-state index in [0.29, 0.717) is 12.5 Å². The van der Waals surface area contributed by atoms with Crippen molar-refractivity contribution in [3.63, 3.8) is 0 Å². The quantitative estimate of drug-likeness (QED) is 0.736. The molecule has 0 aromatic carbocycles. The van der Waals surface area contributed by atoms with Crippen LogP contribution in [0.3, 0.4) is 0 Å². The molecule has 2 heterocycles. The summed E-state index contributed by atoms with van der Waals surface area (Å²) < 4.78 is 0. The van der Waals surface area contributed by atoms with Gasteiger partial charge in [0.15, 0.2) is 0 Å². The van der Waals surface area contributed by atoms with Gasteiger partial charge in [0.25, 0.3) is 0 Å². The Morgan fingerprint density at radius 2 is 2.60 bits per heavy atom. The molecule has 1 aliphatic rings.